The van der Waals surface area contributed by atoms with Gasteiger partial charge in [-0.3, -0.25) is 9.59 Å². The van der Waals surface area contributed by atoms with E-state index in [-0.39, 0.29) is 12.2 Å². The van der Waals surface area contributed by atoms with Crippen molar-refractivity contribution in [3.05, 3.63) is 59.8 Å². The largest absolute Gasteiger partial charge is 0.486 e. The molecule has 0 fully saturated rings. The fraction of sp³-hybridized carbons (Fsp3) is 0.238. The van der Waals surface area contributed by atoms with Crippen molar-refractivity contribution in [3.8, 4) is 11.5 Å². The predicted octanol–water partition coefficient (Wildman–Crippen LogP) is 3.30. The van der Waals surface area contributed by atoms with Crippen LogP contribution in [0.5, 0.6) is 11.5 Å². The Bertz CT molecular complexity index is 1010. The van der Waals surface area contributed by atoms with Crippen LogP contribution in [-0.4, -0.2) is 36.1 Å². The fourth-order valence-corrected chi connectivity index (χ4v) is 3.15. The topological polar surface area (TPSA) is 77.6 Å². The van der Waals surface area contributed by atoms with Crippen molar-refractivity contribution >= 4 is 22.7 Å². The first-order chi connectivity index (χ1) is 13.1. The van der Waals surface area contributed by atoms with Gasteiger partial charge < -0.3 is 19.2 Å². The Morgan fingerprint density at radius 3 is 2.74 bits per heavy atom. The number of carbonyl (C=O) groups excluding carboxylic acids is 2. The third kappa shape index (κ3) is 3.51. The fourth-order valence-electron chi connectivity index (χ4n) is 3.15. The van der Waals surface area contributed by atoms with Gasteiger partial charge in [-0.25, -0.2) is 0 Å². The zero-order chi connectivity index (χ0) is 18.8. The van der Waals surface area contributed by atoms with Crippen LogP contribution in [0.15, 0.2) is 48.7 Å². The normalized spacial score (nSPS) is 14.0. The number of fused-ring (bicyclic) bond motifs is 2. The Balaban J connectivity index is 1.42. The van der Waals surface area contributed by atoms with Gasteiger partial charge in [0.25, 0.3) is 0 Å². The molecule has 3 aromatic rings. The zero-order valence-corrected chi connectivity index (χ0v) is 14.9. The number of benzene rings is 2. The van der Waals surface area contributed by atoms with E-state index in [1.54, 1.807) is 31.3 Å². The number of ketones is 1. The molecular formula is C21H19NO5. The Morgan fingerprint density at radius 1 is 1.11 bits per heavy atom. The first-order valence-corrected chi connectivity index (χ1v) is 8.80. The van der Waals surface area contributed by atoms with E-state index < -0.39 is 12.1 Å². The summed E-state index contributed by atoms with van der Waals surface area (Å²) in [6.45, 7) is 2.59. The molecule has 0 saturated heterocycles. The number of carbonyl (C=O) groups is 2. The lowest BCUT2D eigenvalue weighted by atomic mass is 10.1. The van der Waals surface area contributed by atoms with Crippen molar-refractivity contribution < 1.29 is 23.8 Å². The summed E-state index contributed by atoms with van der Waals surface area (Å²) < 4.78 is 16.3. The second-order valence-electron chi connectivity index (χ2n) is 6.40. The molecule has 0 bridgehead atoms. The van der Waals surface area contributed by atoms with Crippen LogP contribution in [0, 0.1) is 0 Å². The number of H-pyrrole nitrogens is 1. The SMILES string of the molecule is C[C@@H](OC(=O)Cc1ccc2c(c1)OCCO2)C(=O)c1c[nH]c2ccccc12. The van der Waals surface area contributed by atoms with E-state index in [1.165, 1.54) is 0 Å². The van der Waals surface area contributed by atoms with Crippen molar-refractivity contribution in [2.24, 2.45) is 0 Å². The van der Waals surface area contributed by atoms with Gasteiger partial charge in [0.15, 0.2) is 17.6 Å². The summed E-state index contributed by atoms with van der Waals surface area (Å²) in [4.78, 5) is 28.0. The lowest BCUT2D eigenvalue weighted by Gasteiger charge is -2.19. The summed E-state index contributed by atoms with van der Waals surface area (Å²) in [6, 6.07) is 12.9. The van der Waals surface area contributed by atoms with Crippen molar-refractivity contribution in [1.29, 1.82) is 0 Å². The highest BCUT2D eigenvalue weighted by Crippen LogP contribution is 2.31. The molecule has 6 heteroatoms. The number of hydrogen-bond acceptors (Lipinski definition) is 5. The maximum Gasteiger partial charge on any atom is 0.310 e. The highest BCUT2D eigenvalue weighted by atomic mass is 16.6. The third-order valence-electron chi connectivity index (χ3n) is 4.49. The van der Waals surface area contributed by atoms with E-state index in [0.717, 1.165) is 16.5 Å². The molecule has 0 radical (unpaired) electrons. The van der Waals surface area contributed by atoms with Crippen molar-refractivity contribution in [2.45, 2.75) is 19.4 Å². The number of para-hydroxylation sites is 1. The van der Waals surface area contributed by atoms with Gasteiger partial charge in [0.2, 0.25) is 5.78 Å². The van der Waals surface area contributed by atoms with Gasteiger partial charge in [-0.1, -0.05) is 24.3 Å². The maximum absolute atomic E-state index is 12.7. The van der Waals surface area contributed by atoms with Crippen molar-refractivity contribution in [2.75, 3.05) is 13.2 Å². The monoisotopic (exact) mass is 365 g/mol. The molecule has 2 aromatic carbocycles. The molecule has 1 atom stereocenters. The number of aromatic amines is 1. The Kier molecular flexibility index (Phi) is 4.54. The molecule has 1 aromatic heterocycles. The van der Waals surface area contributed by atoms with E-state index in [4.69, 9.17) is 14.2 Å². The summed E-state index contributed by atoms with van der Waals surface area (Å²) in [7, 11) is 0. The molecule has 1 aliphatic heterocycles. The van der Waals surface area contributed by atoms with Crippen LogP contribution >= 0.6 is 0 Å². The van der Waals surface area contributed by atoms with Crippen molar-refractivity contribution in [3.63, 3.8) is 0 Å². The van der Waals surface area contributed by atoms with Gasteiger partial charge >= 0.3 is 5.97 Å². The van der Waals surface area contributed by atoms with Gasteiger partial charge in [0, 0.05) is 22.7 Å². The molecule has 0 spiro atoms. The third-order valence-corrected chi connectivity index (χ3v) is 4.49. The van der Waals surface area contributed by atoms with Gasteiger partial charge in [0.1, 0.15) is 13.2 Å². The Morgan fingerprint density at radius 2 is 1.89 bits per heavy atom. The number of rotatable bonds is 5. The van der Waals surface area contributed by atoms with Crippen LogP contribution in [0.1, 0.15) is 22.8 Å². The lowest BCUT2D eigenvalue weighted by molar-refractivity contribution is -0.145. The molecule has 0 aliphatic carbocycles. The average molecular weight is 365 g/mol. The maximum atomic E-state index is 12.7. The Hall–Kier alpha value is -3.28. The summed E-state index contributed by atoms with van der Waals surface area (Å²) in [5, 5.41) is 0.817. The van der Waals surface area contributed by atoms with Gasteiger partial charge in [-0.2, -0.15) is 0 Å². The first-order valence-electron chi connectivity index (χ1n) is 8.80. The molecule has 2 heterocycles. The van der Waals surface area contributed by atoms with E-state index in [9.17, 15) is 9.59 Å². The van der Waals surface area contributed by atoms with E-state index in [0.29, 0.717) is 30.3 Å². The highest BCUT2D eigenvalue weighted by Gasteiger charge is 2.22. The summed E-state index contributed by atoms with van der Waals surface area (Å²) >= 11 is 0. The van der Waals surface area contributed by atoms with Gasteiger partial charge in [-0.15, -0.1) is 0 Å². The molecule has 1 aliphatic rings. The minimum atomic E-state index is -0.867. The summed E-state index contributed by atoms with van der Waals surface area (Å²) in [6.07, 6.45) is 0.842. The second kappa shape index (κ2) is 7.15. The molecule has 138 valence electrons. The van der Waals surface area contributed by atoms with E-state index in [2.05, 4.69) is 4.98 Å². The lowest BCUT2D eigenvalue weighted by Crippen LogP contribution is -2.25. The number of aromatic nitrogens is 1. The number of hydrogen-bond donors (Lipinski definition) is 1. The van der Waals surface area contributed by atoms with Crippen LogP contribution in [0.3, 0.4) is 0 Å². The number of esters is 1. The van der Waals surface area contributed by atoms with Crippen LogP contribution < -0.4 is 9.47 Å². The van der Waals surface area contributed by atoms with Crippen molar-refractivity contribution in [1.82, 2.24) is 4.98 Å². The van der Waals surface area contributed by atoms with E-state index in [1.807, 2.05) is 24.3 Å². The highest BCUT2D eigenvalue weighted by molar-refractivity contribution is 6.10. The number of nitrogens with one attached hydrogen (secondary N) is 1. The number of ether oxygens (including phenoxy) is 3. The standard InChI is InChI=1S/C21H19NO5/c1-13(21(24)16-12-22-17-5-3-2-4-15(16)17)27-20(23)11-14-6-7-18-19(10-14)26-9-8-25-18/h2-7,10,12-13,22H,8-9,11H2,1H3/t13-/m1/s1. The smallest absolute Gasteiger partial charge is 0.310 e. The van der Waals surface area contributed by atoms with Gasteiger partial charge in [-0.05, 0) is 30.7 Å². The molecule has 1 N–H and O–H groups in total. The van der Waals surface area contributed by atoms with Crippen LogP contribution in [0.4, 0.5) is 0 Å². The minimum absolute atomic E-state index is 0.0577. The molecule has 6 nitrogen and oxygen atoms in total. The molecule has 0 amide bonds. The number of Topliss-reactive ketones (excluding diaryl/α,β-unsaturated/α-hetero) is 1. The summed E-state index contributed by atoms with van der Waals surface area (Å²) in [5.41, 5.74) is 2.14. The molecule has 4 rings (SSSR count). The average Bonchev–Trinajstić information content (AvgIpc) is 3.11. The first kappa shape index (κ1) is 17.1. The van der Waals surface area contributed by atoms with Gasteiger partial charge in [0.05, 0.1) is 6.42 Å². The molecule has 27 heavy (non-hydrogen) atoms. The molecule has 0 saturated carbocycles. The predicted molar refractivity (Wildman–Crippen MR) is 99.3 cm³/mol. The minimum Gasteiger partial charge on any atom is -0.486 e. The van der Waals surface area contributed by atoms with E-state index >= 15 is 0 Å². The van der Waals surface area contributed by atoms with Crippen LogP contribution in [0.25, 0.3) is 10.9 Å². The molecule has 0 unspecified atom stereocenters. The van der Waals surface area contributed by atoms with Crippen LogP contribution in [0.2, 0.25) is 0 Å². The summed E-state index contributed by atoms with van der Waals surface area (Å²) in [5.74, 6) is 0.589. The quantitative estimate of drug-likeness (QED) is 0.554. The zero-order valence-electron chi connectivity index (χ0n) is 14.9. The molecular weight excluding hydrogens is 346 g/mol. The van der Waals surface area contributed by atoms with Crippen LogP contribution in [-0.2, 0) is 16.0 Å². The Labute approximate surface area is 156 Å². The second-order valence-corrected chi connectivity index (χ2v) is 6.40.